The van der Waals surface area contributed by atoms with E-state index in [0.29, 0.717) is 36.5 Å². The normalized spacial score (nSPS) is 18.3. The molecule has 0 radical (unpaired) electrons. The number of fused-ring (bicyclic) bond motifs is 2. The number of nitrogens with zero attached hydrogens (tertiary/aromatic N) is 4. The summed E-state index contributed by atoms with van der Waals surface area (Å²) in [7, 11) is 1.68. The third-order valence-corrected chi connectivity index (χ3v) is 5.88. The summed E-state index contributed by atoms with van der Waals surface area (Å²) in [6.45, 7) is 0.731. The van der Waals surface area contributed by atoms with Gasteiger partial charge in [0.1, 0.15) is 18.4 Å². The van der Waals surface area contributed by atoms with Crippen molar-refractivity contribution in [3.63, 3.8) is 0 Å². The van der Waals surface area contributed by atoms with E-state index in [2.05, 4.69) is 5.10 Å². The molecule has 5 rings (SSSR count). The van der Waals surface area contributed by atoms with Crippen molar-refractivity contribution in [1.29, 1.82) is 0 Å². The molecule has 2 aliphatic heterocycles. The number of likely N-dealkylation sites (N-methyl/N-ethyl adjacent to an activating group) is 1. The topological polar surface area (TPSA) is 87.9 Å². The van der Waals surface area contributed by atoms with Crippen molar-refractivity contribution in [1.82, 2.24) is 14.7 Å². The molecular weight excluding hydrogens is 396 g/mol. The summed E-state index contributed by atoms with van der Waals surface area (Å²) in [6, 6.07) is 16.1. The summed E-state index contributed by atoms with van der Waals surface area (Å²) < 4.78 is 7.31. The van der Waals surface area contributed by atoms with Crippen LogP contribution in [0, 0.1) is 0 Å². The molecular formula is C23H22N4O4. The highest BCUT2D eigenvalue weighted by atomic mass is 16.5. The van der Waals surface area contributed by atoms with E-state index in [0.717, 1.165) is 5.56 Å². The summed E-state index contributed by atoms with van der Waals surface area (Å²) in [5.41, 5.74) is 2.35. The minimum Gasteiger partial charge on any atom is -0.493 e. The van der Waals surface area contributed by atoms with Crippen LogP contribution in [-0.4, -0.2) is 57.8 Å². The van der Waals surface area contributed by atoms with Gasteiger partial charge in [0.15, 0.2) is 5.69 Å². The molecule has 2 amide bonds. The zero-order chi connectivity index (χ0) is 21.5. The van der Waals surface area contributed by atoms with E-state index in [1.54, 1.807) is 13.1 Å². The zero-order valence-corrected chi connectivity index (χ0v) is 17.1. The van der Waals surface area contributed by atoms with Gasteiger partial charge in [-0.2, -0.15) is 5.10 Å². The number of benzene rings is 2. The molecule has 1 N–H and O–H groups in total. The van der Waals surface area contributed by atoms with E-state index in [1.807, 2.05) is 48.5 Å². The van der Waals surface area contributed by atoms with Crippen LogP contribution in [0.1, 0.15) is 21.6 Å². The van der Waals surface area contributed by atoms with Gasteiger partial charge in [-0.05, 0) is 24.1 Å². The first-order chi connectivity index (χ1) is 15.0. The van der Waals surface area contributed by atoms with Crippen molar-refractivity contribution < 1.29 is 19.4 Å². The predicted molar refractivity (Wildman–Crippen MR) is 113 cm³/mol. The first-order valence-corrected chi connectivity index (χ1v) is 10.2. The lowest BCUT2D eigenvalue weighted by atomic mass is 10.0. The van der Waals surface area contributed by atoms with Crippen LogP contribution in [-0.2, 0) is 17.8 Å². The van der Waals surface area contributed by atoms with Gasteiger partial charge in [0.25, 0.3) is 11.8 Å². The smallest absolute Gasteiger partial charge is 0.275 e. The molecule has 0 fully saturated rings. The van der Waals surface area contributed by atoms with Crippen LogP contribution in [0.25, 0.3) is 0 Å². The number of hydrogen-bond acceptors (Lipinski definition) is 5. The van der Waals surface area contributed by atoms with Gasteiger partial charge in [0, 0.05) is 19.2 Å². The molecule has 2 aromatic carbocycles. The van der Waals surface area contributed by atoms with Crippen LogP contribution in [0.5, 0.6) is 11.6 Å². The first-order valence-electron chi connectivity index (χ1n) is 10.2. The summed E-state index contributed by atoms with van der Waals surface area (Å²) in [5.74, 6) is 0.0231. The highest BCUT2D eigenvalue weighted by Gasteiger charge is 2.41. The molecule has 3 aromatic rings. The van der Waals surface area contributed by atoms with Gasteiger partial charge >= 0.3 is 0 Å². The Labute approximate surface area is 179 Å². The number of carbonyl (C=O) groups excluding carboxylic acids is 2. The van der Waals surface area contributed by atoms with Gasteiger partial charge in [-0.3, -0.25) is 9.59 Å². The van der Waals surface area contributed by atoms with Crippen LogP contribution in [0.15, 0.2) is 54.6 Å². The Morgan fingerprint density at radius 1 is 1.10 bits per heavy atom. The fraction of sp³-hybridized carbons (Fsp3) is 0.261. The third-order valence-electron chi connectivity index (χ3n) is 5.88. The molecule has 1 aromatic heterocycles. The quantitative estimate of drug-likeness (QED) is 0.704. The fourth-order valence-corrected chi connectivity index (χ4v) is 4.19. The molecule has 158 valence electrons. The SMILES string of the molecule is CN1C(=O)[C@@H](N2CCc3c(nn(Cc4ccccc4)c3O)C2=O)COc2ccccc21. The minimum atomic E-state index is -0.764. The molecule has 0 unspecified atom stereocenters. The maximum absolute atomic E-state index is 13.3. The van der Waals surface area contributed by atoms with Crippen molar-refractivity contribution >= 4 is 17.5 Å². The summed E-state index contributed by atoms with van der Waals surface area (Å²) in [6.07, 6.45) is 0.419. The Kier molecular flexibility index (Phi) is 4.62. The molecule has 3 heterocycles. The number of para-hydroxylation sites is 2. The number of amides is 2. The summed E-state index contributed by atoms with van der Waals surface area (Å²) in [4.78, 5) is 29.5. The third kappa shape index (κ3) is 3.20. The largest absolute Gasteiger partial charge is 0.493 e. The van der Waals surface area contributed by atoms with Crippen LogP contribution in [0.2, 0.25) is 0 Å². The van der Waals surface area contributed by atoms with E-state index in [1.165, 1.54) is 14.5 Å². The number of anilines is 1. The molecule has 8 heteroatoms. The molecule has 0 saturated heterocycles. The van der Waals surface area contributed by atoms with E-state index in [4.69, 9.17) is 4.74 Å². The summed E-state index contributed by atoms with van der Waals surface area (Å²) >= 11 is 0. The molecule has 0 saturated carbocycles. The molecule has 0 bridgehead atoms. The average Bonchev–Trinajstić information content (AvgIpc) is 3.05. The maximum Gasteiger partial charge on any atom is 0.275 e. The van der Waals surface area contributed by atoms with E-state index in [9.17, 15) is 14.7 Å². The van der Waals surface area contributed by atoms with Crippen LogP contribution >= 0.6 is 0 Å². The molecule has 2 aliphatic rings. The van der Waals surface area contributed by atoms with Crippen molar-refractivity contribution in [3.8, 4) is 11.6 Å². The Bertz CT molecular complexity index is 1160. The second-order valence-electron chi connectivity index (χ2n) is 7.73. The van der Waals surface area contributed by atoms with Gasteiger partial charge in [-0.25, -0.2) is 4.68 Å². The van der Waals surface area contributed by atoms with Crippen molar-refractivity contribution in [2.75, 3.05) is 25.1 Å². The number of carbonyl (C=O) groups is 2. The number of ether oxygens (including phenoxy) is 1. The number of rotatable bonds is 3. The first kappa shape index (κ1) is 19.2. The van der Waals surface area contributed by atoms with Crippen LogP contribution < -0.4 is 9.64 Å². The lowest BCUT2D eigenvalue weighted by Gasteiger charge is -2.33. The molecule has 31 heavy (non-hydrogen) atoms. The van der Waals surface area contributed by atoms with E-state index < -0.39 is 6.04 Å². The zero-order valence-electron chi connectivity index (χ0n) is 17.1. The number of hydrogen-bond donors (Lipinski definition) is 1. The molecule has 8 nitrogen and oxygen atoms in total. The van der Waals surface area contributed by atoms with Gasteiger partial charge in [0.2, 0.25) is 5.88 Å². The fourth-order valence-electron chi connectivity index (χ4n) is 4.19. The molecule has 0 spiro atoms. The van der Waals surface area contributed by atoms with E-state index >= 15 is 0 Å². The Hall–Kier alpha value is -3.81. The Balaban J connectivity index is 1.42. The second kappa shape index (κ2) is 7.46. The Morgan fingerprint density at radius 2 is 1.84 bits per heavy atom. The highest BCUT2D eigenvalue weighted by molar-refractivity contribution is 6.03. The van der Waals surface area contributed by atoms with Gasteiger partial charge < -0.3 is 19.6 Å². The Morgan fingerprint density at radius 3 is 2.65 bits per heavy atom. The standard InChI is InChI=1S/C23H22N4O4/c1-25-17-9-5-6-10-19(17)31-14-18(22(25)29)26-12-11-16-20(23(26)30)24-27(21(16)28)13-15-7-3-2-4-8-15/h2-10,18,28H,11-14H2,1H3/t18-/m0/s1. The summed E-state index contributed by atoms with van der Waals surface area (Å²) in [5, 5.41) is 15.0. The van der Waals surface area contributed by atoms with Crippen molar-refractivity contribution in [3.05, 3.63) is 71.4 Å². The van der Waals surface area contributed by atoms with Crippen molar-refractivity contribution in [2.24, 2.45) is 0 Å². The minimum absolute atomic E-state index is 0.000167. The average molecular weight is 418 g/mol. The molecule has 1 atom stereocenters. The van der Waals surface area contributed by atoms with Gasteiger partial charge in [-0.1, -0.05) is 42.5 Å². The van der Waals surface area contributed by atoms with Gasteiger partial charge in [0.05, 0.1) is 12.2 Å². The van der Waals surface area contributed by atoms with E-state index in [-0.39, 0.29) is 30.0 Å². The lowest BCUT2D eigenvalue weighted by Crippen LogP contribution is -2.54. The predicted octanol–water partition coefficient (Wildman–Crippen LogP) is 2.06. The second-order valence-corrected chi connectivity index (χ2v) is 7.73. The maximum atomic E-state index is 13.3. The monoisotopic (exact) mass is 418 g/mol. The highest BCUT2D eigenvalue weighted by Crippen LogP contribution is 2.33. The van der Waals surface area contributed by atoms with Gasteiger partial charge in [-0.15, -0.1) is 0 Å². The molecule has 0 aliphatic carbocycles. The number of aromatic nitrogens is 2. The van der Waals surface area contributed by atoms with Crippen LogP contribution in [0.4, 0.5) is 5.69 Å². The van der Waals surface area contributed by atoms with Crippen LogP contribution in [0.3, 0.4) is 0 Å². The van der Waals surface area contributed by atoms with Crippen molar-refractivity contribution in [2.45, 2.75) is 19.0 Å². The number of aromatic hydroxyl groups is 1. The lowest BCUT2D eigenvalue weighted by molar-refractivity contribution is -0.123.